The second-order valence-electron chi connectivity index (χ2n) is 6.18. The van der Waals surface area contributed by atoms with E-state index in [4.69, 9.17) is 0 Å². The van der Waals surface area contributed by atoms with Gasteiger partial charge in [-0.2, -0.15) is 0 Å². The number of carbonyl (C=O) groups excluding carboxylic acids is 2. The molecule has 0 saturated heterocycles. The molecule has 1 N–H and O–H groups in total. The van der Waals surface area contributed by atoms with E-state index in [-0.39, 0.29) is 17.4 Å². The van der Waals surface area contributed by atoms with Gasteiger partial charge in [0, 0.05) is 33.6 Å². The molecule has 0 unspecified atom stereocenters. The summed E-state index contributed by atoms with van der Waals surface area (Å²) in [6, 6.07) is 9.07. The zero-order chi connectivity index (χ0) is 20.1. The molecule has 0 radical (unpaired) electrons. The van der Waals surface area contributed by atoms with Crippen molar-refractivity contribution in [2.45, 2.75) is 38.9 Å². The van der Waals surface area contributed by atoms with E-state index < -0.39 is 0 Å². The molecule has 8 heteroatoms. The number of rotatable bonds is 8. The average molecular weight is 415 g/mol. The summed E-state index contributed by atoms with van der Waals surface area (Å²) in [6.07, 6.45) is 0.998. The number of ketones is 1. The average Bonchev–Trinajstić information content (AvgIpc) is 3.32. The number of anilines is 1. The Balaban J connectivity index is 1.66. The van der Waals surface area contributed by atoms with Gasteiger partial charge in [0.15, 0.2) is 16.8 Å². The molecule has 0 aliphatic carbocycles. The second kappa shape index (κ2) is 9.16. The fourth-order valence-corrected chi connectivity index (χ4v) is 4.34. The molecule has 0 aliphatic heterocycles. The number of aromatic nitrogens is 3. The van der Waals surface area contributed by atoms with E-state index in [1.165, 1.54) is 23.6 Å². The number of Topliss-reactive ketones (excluding diaryl/α,β-unsaturated/α-hetero) is 1. The SMILES string of the molecule is CCc1cc(-c2nnc(SCC(=O)Nc3cccc(C(C)=O)c3)n2CC)cs1. The van der Waals surface area contributed by atoms with Crippen molar-refractivity contribution in [2.75, 3.05) is 11.1 Å². The third kappa shape index (κ3) is 4.69. The highest BCUT2D eigenvalue weighted by atomic mass is 32.2. The highest BCUT2D eigenvalue weighted by Crippen LogP contribution is 2.28. The van der Waals surface area contributed by atoms with Gasteiger partial charge in [-0.1, -0.05) is 30.8 Å². The van der Waals surface area contributed by atoms with Crippen LogP contribution in [-0.2, 0) is 17.8 Å². The summed E-state index contributed by atoms with van der Waals surface area (Å²) in [5.41, 5.74) is 2.25. The molecule has 0 atom stereocenters. The molecule has 2 heterocycles. The van der Waals surface area contributed by atoms with Gasteiger partial charge in [0.2, 0.25) is 5.91 Å². The van der Waals surface area contributed by atoms with Crippen molar-refractivity contribution in [3.05, 3.63) is 46.2 Å². The zero-order valence-electron chi connectivity index (χ0n) is 16.1. The summed E-state index contributed by atoms with van der Waals surface area (Å²) in [6.45, 7) is 6.40. The lowest BCUT2D eigenvalue weighted by Gasteiger charge is -2.08. The molecule has 0 fully saturated rings. The third-order valence-corrected chi connectivity index (χ3v) is 6.23. The number of thiophene rings is 1. The van der Waals surface area contributed by atoms with Crippen LogP contribution < -0.4 is 5.32 Å². The van der Waals surface area contributed by atoms with Gasteiger partial charge in [0.1, 0.15) is 0 Å². The molecule has 3 aromatic rings. The Bertz CT molecular complexity index is 994. The van der Waals surface area contributed by atoms with Gasteiger partial charge >= 0.3 is 0 Å². The monoisotopic (exact) mass is 414 g/mol. The van der Waals surface area contributed by atoms with Crippen LogP contribution >= 0.6 is 23.1 Å². The van der Waals surface area contributed by atoms with Gasteiger partial charge < -0.3 is 9.88 Å². The van der Waals surface area contributed by atoms with Crippen LogP contribution in [0.5, 0.6) is 0 Å². The molecule has 0 aliphatic rings. The summed E-state index contributed by atoms with van der Waals surface area (Å²) in [5, 5.41) is 14.2. The van der Waals surface area contributed by atoms with Crippen molar-refractivity contribution in [3.8, 4) is 11.4 Å². The Labute approximate surface area is 172 Å². The number of benzene rings is 1. The first kappa shape index (κ1) is 20.3. The smallest absolute Gasteiger partial charge is 0.234 e. The number of nitrogens with zero attached hydrogens (tertiary/aromatic N) is 3. The maximum absolute atomic E-state index is 12.3. The highest BCUT2D eigenvalue weighted by Gasteiger charge is 2.16. The quantitative estimate of drug-likeness (QED) is 0.433. The minimum atomic E-state index is -0.151. The largest absolute Gasteiger partial charge is 0.325 e. The number of hydrogen-bond acceptors (Lipinski definition) is 6. The van der Waals surface area contributed by atoms with Gasteiger partial charge in [0.25, 0.3) is 0 Å². The molecule has 0 spiro atoms. The summed E-state index contributed by atoms with van der Waals surface area (Å²) in [4.78, 5) is 25.1. The maximum Gasteiger partial charge on any atom is 0.234 e. The van der Waals surface area contributed by atoms with Gasteiger partial charge in [-0.25, -0.2) is 0 Å². The number of aryl methyl sites for hydroxylation is 1. The first-order valence-electron chi connectivity index (χ1n) is 9.06. The molecule has 146 valence electrons. The third-order valence-electron chi connectivity index (χ3n) is 4.18. The van der Waals surface area contributed by atoms with E-state index in [9.17, 15) is 9.59 Å². The first-order chi connectivity index (χ1) is 13.5. The Morgan fingerprint density at radius 2 is 2.04 bits per heavy atom. The molecule has 1 amide bonds. The van der Waals surface area contributed by atoms with Crippen molar-refractivity contribution >= 4 is 40.5 Å². The van der Waals surface area contributed by atoms with Crippen LogP contribution in [0, 0.1) is 0 Å². The van der Waals surface area contributed by atoms with E-state index in [0.29, 0.717) is 11.3 Å². The molecular weight excluding hydrogens is 392 g/mol. The van der Waals surface area contributed by atoms with Crippen molar-refractivity contribution in [2.24, 2.45) is 0 Å². The predicted molar refractivity (Wildman–Crippen MR) is 114 cm³/mol. The summed E-state index contributed by atoms with van der Waals surface area (Å²) < 4.78 is 2.02. The topological polar surface area (TPSA) is 76.9 Å². The lowest BCUT2D eigenvalue weighted by molar-refractivity contribution is -0.113. The van der Waals surface area contributed by atoms with E-state index in [1.54, 1.807) is 35.6 Å². The van der Waals surface area contributed by atoms with E-state index in [2.05, 4.69) is 33.9 Å². The number of carbonyl (C=O) groups is 2. The molecule has 0 saturated carbocycles. The summed E-state index contributed by atoms with van der Waals surface area (Å²) in [5.74, 6) is 0.859. The van der Waals surface area contributed by atoms with Crippen LogP contribution in [0.1, 0.15) is 36.0 Å². The Hall–Kier alpha value is -2.45. The number of nitrogens with one attached hydrogen (secondary N) is 1. The van der Waals surface area contributed by atoms with Gasteiger partial charge in [-0.3, -0.25) is 9.59 Å². The van der Waals surface area contributed by atoms with Crippen molar-refractivity contribution in [3.63, 3.8) is 0 Å². The minimum Gasteiger partial charge on any atom is -0.325 e. The maximum atomic E-state index is 12.3. The number of amides is 1. The Morgan fingerprint density at radius 3 is 2.71 bits per heavy atom. The van der Waals surface area contributed by atoms with Crippen LogP contribution in [0.3, 0.4) is 0 Å². The second-order valence-corrected chi connectivity index (χ2v) is 8.12. The minimum absolute atomic E-state index is 0.0336. The van der Waals surface area contributed by atoms with Crippen LogP contribution in [-0.4, -0.2) is 32.2 Å². The van der Waals surface area contributed by atoms with Crippen LogP contribution in [0.4, 0.5) is 5.69 Å². The number of hydrogen-bond donors (Lipinski definition) is 1. The molecule has 2 aromatic heterocycles. The van der Waals surface area contributed by atoms with Gasteiger partial charge in [-0.15, -0.1) is 21.5 Å². The van der Waals surface area contributed by atoms with E-state index in [1.807, 2.05) is 11.5 Å². The lowest BCUT2D eigenvalue weighted by Crippen LogP contribution is -2.15. The number of thioether (sulfide) groups is 1. The molecule has 28 heavy (non-hydrogen) atoms. The summed E-state index contributed by atoms with van der Waals surface area (Å²) >= 11 is 3.07. The molecular formula is C20H22N4O2S2. The fraction of sp³-hybridized carbons (Fsp3) is 0.300. The van der Waals surface area contributed by atoms with Crippen LogP contribution in [0.15, 0.2) is 40.9 Å². The van der Waals surface area contributed by atoms with Gasteiger partial charge in [-0.05, 0) is 38.5 Å². The van der Waals surface area contributed by atoms with E-state index in [0.717, 1.165) is 29.5 Å². The lowest BCUT2D eigenvalue weighted by atomic mass is 10.1. The van der Waals surface area contributed by atoms with Crippen molar-refractivity contribution in [1.29, 1.82) is 0 Å². The normalized spacial score (nSPS) is 10.8. The zero-order valence-corrected chi connectivity index (χ0v) is 17.7. The van der Waals surface area contributed by atoms with E-state index >= 15 is 0 Å². The Morgan fingerprint density at radius 1 is 1.21 bits per heavy atom. The molecule has 0 bridgehead atoms. The molecule has 1 aromatic carbocycles. The summed E-state index contributed by atoms with van der Waals surface area (Å²) in [7, 11) is 0. The Kier molecular flexibility index (Phi) is 6.64. The standard InChI is InChI=1S/C20H22N4O2S2/c1-4-17-10-15(11-27-17)19-22-23-20(24(19)5-2)28-12-18(26)21-16-8-6-7-14(9-16)13(3)25/h6-11H,4-5,12H2,1-3H3,(H,21,26). The van der Waals surface area contributed by atoms with Crippen LogP contribution in [0.2, 0.25) is 0 Å². The van der Waals surface area contributed by atoms with Crippen LogP contribution in [0.25, 0.3) is 11.4 Å². The van der Waals surface area contributed by atoms with Crippen molar-refractivity contribution in [1.82, 2.24) is 14.8 Å². The van der Waals surface area contributed by atoms with Gasteiger partial charge in [0.05, 0.1) is 5.75 Å². The predicted octanol–water partition coefficient (Wildman–Crippen LogP) is 4.52. The first-order valence-corrected chi connectivity index (χ1v) is 10.9. The molecule has 6 nitrogen and oxygen atoms in total. The highest BCUT2D eigenvalue weighted by molar-refractivity contribution is 7.99. The fourth-order valence-electron chi connectivity index (χ4n) is 2.72. The van der Waals surface area contributed by atoms with Crippen molar-refractivity contribution < 1.29 is 9.59 Å². The molecule has 3 rings (SSSR count).